The van der Waals surface area contributed by atoms with Gasteiger partial charge in [0.2, 0.25) is 0 Å². The molecule has 3 aromatic rings. The Balaban J connectivity index is 2.00. The van der Waals surface area contributed by atoms with Crippen LogP contribution in [0.4, 0.5) is 5.69 Å². The van der Waals surface area contributed by atoms with Crippen molar-refractivity contribution in [3.63, 3.8) is 0 Å². The lowest BCUT2D eigenvalue weighted by Gasteiger charge is -2.12. The molecule has 5 heteroatoms. The van der Waals surface area contributed by atoms with Crippen LogP contribution in [0.25, 0.3) is 16.8 Å². The van der Waals surface area contributed by atoms with Crippen molar-refractivity contribution >= 4 is 28.4 Å². The zero-order valence-corrected chi connectivity index (χ0v) is 15.5. The molecule has 28 heavy (non-hydrogen) atoms. The number of hydrogen-bond acceptors (Lipinski definition) is 4. The van der Waals surface area contributed by atoms with E-state index < -0.39 is 5.91 Å². The molecule has 0 spiro atoms. The Morgan fingerprint density at radius 3 is 2.61 bits per heavy atom. The summed E-state index contributed by atoms with van der Waals surface area (Å²) < 4.78 is 5.84. The van der Waals surface area contributed by atoms with Crippen molar-refractivity contribution in [2.45, 2.75) is 13.3 Å². The van der Waals surface area contributed by atoms with Crippen molar-refractivity contribution in [3.8, 4) is 17.6 Å². The minimum absolute atomic E-state index is 0.0363. The third-order valence-corrected chi connectivity index (χ3v) is 4.17. The summed E-state index contributed by atoms with van der Waals surface area (Å²) in [5.74, 6) is 0.204. The quantitative estimate of drug-likeness (QED) is 0.367. The predicted molar refractivity (Wildman–Crippen MR) is 110 cm³/mol. The van der Waals surface area contributed by atoms with Crippen LogP contribution in [0.2, 0.25) is 0 Å². The van der Waals surface area contributed by atoms with E-state index in [0.29, 0.717) is 23.6 Å². The Bertz CT molecular complexity index is 1060. The molecule has 0 aromatic heterocycles. The number of phenolic OH excluding ortho intramolecular Hbond substituents is 1. The summed E-state index contributed by atoms with van der Waals surface area (Å²) in [6.07, 6.45) is 2.41. The van der Waals surface area contributed by atoms with Gasteiger partial charge < -0.3 is 15.2 Å². The molecule has 0 aliphatic heterocycles. The lowest BCUT2D eigenvalue weighted by atomic mass is 10.0. The van der Waals surface area contributed by atoms with Gasteiger partial charge in [-0.1, -0.05) is 37.3 Å². The number of nitriles is 1. The fraction of sp³-hybridized carbons (Fsp3) is 0.130. The zero-order valence-electron chi connectivity index (χ0n) is 15.5. The van der Waals surface area contributed by atoms with Gasteiger partial charge in [-0.05, 0) is 53.6 Å². The van der Waals surface area contributed by atoms with Gasteiger partial charge in [-0.25, -0.2) is 0 Å². The standard InChI is InChI=1S/C23H20N2O3/c1-2-13-28-22-12-7-16-5-3-4-6-20(16)21(22)14-17(15-24)23(27)25-18-8-10-19(26)11-9-18/h3-12,14,26H,2,13H2,1H3,(H,25,27)/b17-14+. The predicted octanol–water partition coefficient (Wildman–Crippen LogP) is 4.88. The molecule has 0 atom stereocenters. The molecule has 0 fully saturated rings. The monoisotopic (exact) mass is 372 g/mol. The first-order chi connectivity index (χ1) is 13.6. The average Bonchev–Trinajstić information content (AvgIpc) is 2.72. The normalized spacial score (nSPS) is 11.1. The van der Waals surface area contributed by atoms with Gasteiger partial charge in [0.1, 0.15) is 23.1 Å². The van der Waals surface area contributed by atoms with E-state index in [0.717, 1.165) is 17.2 Å². The Kier molecular flexibility index (Phi) is 5.93. The van der Waals surface area contributed by atoms with Crippen molar-refractivity contribution < 1.29 is 14.6 Å². The highest BCUT2D eigenvalue weighted by Crippen LogP contribution is 2.30. The van der Waals surface area contributed by atoms with Crippen LogP contribution in [0.15, 0.2) is 66.2 Å². The molecule has 140 valence electrons. The molecule has 0 radical (unpaired) electrons. The lowest BCUT2D eigenvalue weighted by molar-refractivity contribution is -0.112. The number of nitrogens with one attached hydrogen (secondary N) is 1. The SMILES string of the molecule is CCCOc1ccc2ccccc2c1/C=C(\C#N)C(=O)Nc1ccc(O)cc1. The van der Waals surface area contributed by atoms with Crippen molar-refractivity contribution in [3.05, 3.63) is 71.8 Å². The minimum Gasteiger partial charge on any atom is -0.508 e. The number of carbonyl (C=O) groups is 1. The molecular formula is C23H20N2O3. The molecule has 3 aromatic carbocycles. The second-order valence-corrected chi connectivity index (χ2v) is 6.22. The summed E-state index contributed by atoms with van der Waals surface area (Å²) in [6, 6.07) is 19.6. The van der Waals surface area contributed by atoms with Crippen molar-refractivity contribution in [1.82, 2.24) is 0 Å². The summed E-state index contributed by atoms with van der Waals surface area (Å²) in [5, 5.41) is 23.5. The number of hydrogen-bond donors (Lipinski definition) is 2. The molecule has 0 heterocycles. The highest BCUT2D eigenvalue weighted by molar-refractivity contribution is 6.11. The van der Waals surface area contributed by atoms with E-state index in [1.54, 1.807) is 18.2 Å². The molecule has 0 aliphatic carbocycles. The van der Waals surface area contributed by atoms with E-state index in [4.69, 9.17) is 4.74 Å². The van der Waals surface area contributed by atoms with Crippen LogP contribution >= 0.6 is 0 Å². The van der Waals surface area contributed by atoms with E-state index in [9.17, 15) is 15.2 Å². The number of anilines is 1. The summed E-state index contributed by atoms with van der Waals surface area (Å²) >= 11 is 0. The van der Waals surface area contributed by atoms with Crippen LogP contribution < -0.4 is 10.1 Å². The maximum absolute atomic E-state index is 12.6. The van der Waals surface area contributed by atoms with E-state index >= 15 is 0 Å². The van der Waals surface area contributed by atoms with Crippen LogP contribution in [0, 0.1) is 11.3 Å². The topological polar surface area (TPSA) is 82.3 Å². The number of carbonyl (C=O) groups excluding carboxylic acids is 1. The molecule has 0 saturated carbocycles. The van der Waals surface area contributed by atoms with Crippen LogP contribution in [0.3, 0.4) is 0 Å². The largest absolute Gasteiger partial charge is 0.508 e. The van der Waals surface area contributed by atoms with Gasteiger partial charge in [0.05, 0.1) is 6.61 Å². The first-order valence-electron chi connectivity index (χ1n) is 8.99. The summed E-state index contributed by atoms with van der Waals surface area (Å²) in [7, 11) is 0. The van der Waals surface area contributed by atoms with Gasteiger partial charge in [0, 0.05) is 11.3 Å². The molecule has 2 N–H and O–H groups in total. The van der Waals surface area contributed by atoms with E-state index in [2.05, 4.69) is 5.32 Å². The summed E-state index contributed by atoms with van der Waals surface area (Å²) in [6.45, 7) is 2.56. The molecule has 0 aliphatic rings. The number of fused-ring (bicyclic) bond motifs is 1. The second-order valence-electron chi connectivity index (χ2n) is 6.22. The first-order valence-corrected chi connectivity index (χ1v) is 8.99. The number of aromatic hydroxyl groups is 1. The van der Waals surface area contributed by atoms with Gasteiger partial charge in [-0.2, -0.15) is 5.26 Å². The van der Waals surface area contributed by atoms with Gasteiger partial charge in [-0.3, -0.25) is 4.79 Å². The number of rotatable bonds is 6. The maximum atomic E-state index is 12.6. The number of nitrogens with zero attached hydrogens (tertiary/aromatic N) is 1. The lowest BCUT2D eigenvalue weighted by Crippen LogP contribution is -2.13. The molecule has 0 saturated heterocycles. The van der Waals surface area contributed by atoms with Crippen LogP contribution in [-0.2, 0) is 4.79 Å². The van der Waals surface area contributed by atoms with Crippen molar-refractivity contribution in [2.75, 3.05) is 11.9 Å². The van der Waals surface area contributed by atoms with Crippen LogP contribution in [-0.4, -0.2) is 17.6 Å². The number of amides is 1. The van der Waals surface area contributed by atoms with Gasteiger partial charge >= 0.3 is 0 Å². The van der Waals surface area contributed by atoms with E-state index in [-0.39, 0.29) is 11.3 Å². The minimum atomic E-state index is -0.525. The Labute approximate surface area is 163 Å². The average molecular weight is 372 g/mol. The molecule has 0 bridgehead atoms. The van der Waals surface area contributed by atoms with E-state index in [1.807, 2.05) is 49.4 Å². The van der Waals surface area contributed by atoms with Crippen LogP contribution in [0.5, 0.6) is 11.5 Å². The fourth-order valence-corrected chi connectivity index (χ4v) is 2.80. The third kappa shape index (κ3) is 4.30. The molecule has 3 rings (SSSR count). The Morgan fingerprint density at radius 1 is 1.14 bits per heavy atom. The number of phenols is 1. The van der Waals surface area contributed by atoms with Crippen molar-refractivity contribution in [1.29, 1.82) is 5.26 Å². The number of ether oxygens (including phenoxy) is 1. The van der Waals surface area contributed by atoms with Gasteiger partial charge in [0.25, 0.3) is 5.91 Å². The van der Waals surface area contributed by atoms with Crippen molar-refractivity contribution in [2.24, 2.45) is 0 Å². The second kappa shape index (κ2) is 8.74. The molecular weight excluding hydrogens is 352 g/mol. The first kappa shape index (κ1) is 19.0. The van der Waals surface area contributed by atoms with Crippen LogP contribution in [0.1, 0.15) is 18.9 Å². The molecule has 1 amide bonds. The van der Waals surface area contributed by atoms with E-state index in [1.165, 1.54) is 12.1 Å². The third-order valence-electron chi connectivity index (χ3n) is 4.17. The smallest absolute Gasteiger partial charge is 0.266 e. The molecule has 0 unspecified atom stereocenters. The highest BCUT2D eigenvalue weighted by atomic mass is 16.5. The fourth-order valence-electron chi connectivity index (χ4n) is 2.80. The highest BCUT2D eigenvalue weighted by Gasteiger charge is 2.13. The van der Waals surface area contributed by atoms with Gasteiger partial charge in [-0.15, -0.1) is 0 Å². The zero-order chi connectivity index (χ0) is 19.9. The summed E-state index contributed by atoms with van der Waals surface area (Å²) in [5.41, 5.74) is 1.15. The molecule has 5 nitrogen and oxygen atoms in total. The van der Waals surface area contributed by atoms with Gasteiger partial charge in [0.15, 0.2) is 0 Å². The summed E-state index contributed by atoms with van der Waals surface area (Å²) in [4.78, 5) is 12.6. The Hall–Kier alpha value is -3.78. The maximum Gasteiger partial charge on any atom is 0.266 e. The Morgan fingerprint density at radius 2 is 1.89 bits per heavy atom. The number of benzene rings is 3.